The molecule has 4 heteroatoms. The molecule has 1 aliphatic rings. The zero-order valence-corrected chi connectivity index (χ0v) is 25.0. The molecule has 1 saturated carbocycles. The van der Waals surface area contributed by atoms with E-state index in [1.807, 2.05) is 0 Å². The van der Waals surface area contributed by atoms with Crippen molar-refractivity contribution in [1.82, 2.24) is 0 Å². The molecule has 0 aliphatic heterocycles. The molecule has 3 unspecified atom stereocenters. The van der Waals surface area contributed by atoms with Crippen molar-refractivity contribution in [3.63, 3.8) is 0 Å². The number of ether oxygens (including phenoxy) is 2. The highest BCUT2D eigenvalue weighted by molar-refractivity contribution is 5.82. The summed E-state index contributed by atoms with van der Waals surface area (Å²) in [4.78, 5) is 25.7. The van der Waals surface area contributed by atoms with Gasteiger partial charge in [0, 0.05) is 0 Å². The van der Waals surface area contributed by atoms with E-state index in [-0.39, 0.29) is 23.8 Å². The minimum absolute atomic E-state index is 0.177. The lowest BCUT2D eigenvalue weighted by Crippen LogP contribution is -2.37. The third kappa shape index (κ3) is 18.0. The SMILES string of the molecule is CCCCCCCCCCCCOC(=O)C1CCC(C)CC1C(=O)OCCCCCCCCCCCC. The Morgan fingerprint density at radius 2 is 0.865 bits per heavy atom. The van der Waals surface area contributed by atoms with E-state index in [0.717, 1.165) is 44.9 Å². The van der Waals surface area contributed by atoms with Crippen LogP contribution in [0.3, 0.4) is 0 Å². The predicted octanol–water partition coefficient (Wildman–Crippen LogP) is 9.97. The second-order valence-electron chi connectivity index (χ2n) is 11.8. The molecule has 0 heterocycles. The van der Waals surface area contributed by atoms with E-state index in [1.165, 1.54) is 103 Å². The van der Waals surface area contributed by atoms with Gasteiger partial charge in [0.05, 0.1) is 25.0 Å². The van der Waals surface area contributed by atoms with E-state index in [1.54, 1.807) is 0 Å². The third-order valence-corrected chi connectivity index (χ3v) is 8.20. The van der Waals surface area contributed by atoms with Gasteiger partial charge in [0.25, 0.3) is 0 Å². The molecule has 1 fully saturated rings. The van der Waals surface area contributed by atoms with Crippen LogP contribution in [0.4, 0.5) is 0 Å². The van der Waals surface area contributed by atoms with Gasteiger partial charge in [-0.25, -0.2) is 0 Å². The monoisotopic (exact) mass is 522 g/mol. The Morgan fingerprint density at radius 1 is 0.514 bits per heavy atom. The second kappa shape index (κ2) is 24.0. The highest BCUT2D eigenvalue weighted by Gasteiger charge is 2.40. The minimum atomic E-state index is -0.327. The van der Waals surface area contributed by atoms with Crippen LogP contribution in [0.2, 0.25) is 0 Å². The fraction of sp³-hybridized carbons (Fsp3) is 0.939. The van der Waals surface area contributed by atoms with Crippen LogP contribution in [-0.4, -0.2) is 25.2 Å². The number of hydrogen-bond acceptors (Lipinski definition) is 4. The summed E-state index contributed by atoms with van der Waals surface area (Å²) in [5, 5.41) is 0. The van der Waals surface area contributed by atoms with Gasteiger partial charge in [-0.1, -0.05) is 136 Å². The Labute approximate surface area is 230 Å². The Balaban J connectivity index is 2.15. The maximum absolute atomic E-state index is 12.8. The first-order valence-electron chi connectivity index (χ1n) is 16.4. The highest BCUT2D eigenvalue weighted by Crippen LogP contribution is 2.35. The molecule has 0 N–H and O–H groups in total. The number of carbonyl (C=O) groups excluding carboxylic acids is 2. The summed E-state index contributed by atoms with van der Waals surface area (Å²) in [6, 6.07) is 0. The fourth-order valence-corrected chi connectivity index (χ4v) is 5.66. The first kappa shape index (κ1) is 34.0. The van der Waals surface area contributed by atoms with Gasteiger partial charge in [0.2, 0.25) is 0 Å². The maximum Gasteiger partial charge on any atom is 0.309 e. The van der Waals surface area contributed by atoms with Crippen LogP contribution in [0.25, 0.3) is 0 Å². The van der Waals surface area contributed by atoms with Crippen molar-refractivity contribution in [3.8, 4) is 0 Å². The lowest BCUT2D eigenvalue weighted by Gasteiger charge is -2.31. The summed E-state index contributed by atoms with van der Waals surface area (Å²) in [6.45, 7) is 7.66. The van der Waals surface area contributed by atoms with Crippen LogP contribution in [0.1, 0.15) is 168 Å². The van der Waals surface area contributed by atoms with Gasteiger partial charge < -0.3 is 9.47 Å². The van der Waals surface area contributed by atoms with Gasteiger partial charge in [-0.2, -0.15) is 0 Å². The lowest BCUT2D eigenvalue weighted by molar-refractivity contribution is -0.163. The van der Waals surface area contributed by atoms with E-state index >= 15 is 0 Å². The van der Waals surface area contributed by atoms with Crippen LogP contribution in [0.15, 0.2) is 0 Å². The largest absolute Gasteiger partial charge is 0.465 e. The molecule has 0 bridgehead atoms. The number of carbonyl (C=O) groups is 2. The molecule has 37 heavy (non-hydrogen) atoms. The normalized spacial score (nSPS) is 19.6. The molecule has 0 radical (unpaired) electrons. The van der Waals surface area contributed by atoms with Gasteiger partial charge in [-0.05, 0) is 38.0 Å². The standard InChI is InChI=1S/C33H62O4/c1-4-6-8-10-12-14-16-18-20-22-26-36-32(34)30-25-24-29(3)28-31(30)33(35)37-27-23-21-19-17-15-13-11-9-7-5-2/h29-31H,4-28H2,1-3H3. The second-order valence-corrected chi connectivity index (χ2v) is 11.8. The van der Waals surface area contributed by atoms with Crippen LogP contribution in [-0.2, 0) is 19.1 Å². The molecule has 218 valence electrons. The van der Waals surface area contributed by atoms with Gasteiger partial charge in [-0.3, -0.25) is 9.59 Å². The molecule has 3 atom stereocenters. The zero-order valence-electron chi connectivity index (χ0n) is 25.0. The minimum Gasteiger partial charge on any atom is -0.465 e. The van der Waals surface area contributed by atoms with Crippen LogP contribution >= 0.6 is 0 Å². The molecule has 0 amide bonds. The fourth-order valence-electron chi connectivity index (χ4n) is 5.66. The average Bonchev–Trinajstić information content (AvgIpc) is 2.90. The molecule has 0 saturated heterocycles. The van der Waals surface area contributed by atoms with Crippen molar-refractivity contribution in [1.29, 1.82) is 0 Å². The predicted molar refractivity (Wildman–Crippen MR) is 156 cm³/mol. The van der Waals surface area contributed by atoms with E-state index in [0.29, 0.717) is 19.1 Å². The Bertz CT molecular complexity index is 546. The Kier molecular flexibility index (Phi) is 22.0. The van der Waals surface area contributed by atoms with E-state index < -0.39 is 0 Å². The average molecular weight is 523 g/mol. The summed E-state index contributed by atoms with van der Waals surface area (Å²) in [5.74, 6) is -0.542. The number of hydrogen-bond donors (Lipinski definition) is 0. The summed E-state index contributed by atoms with van der Waals surface area (Å²) in [6.07, 6.45) is 27.8. The van der Waals surface area contributed by atoms with Crippen molar-refractivity contribution in [2.45, 2.75) is 168 Å². The first-order chi connectivity index (χ1) is 18.1. The highest BCUT2D eigenvalue weighted by atomic mass is 16.5. The molecular formula is C33H62O4. The van der Waals surface area contributed by atoms with Gasteiger partial charge in [0.15, 0.2) is 0 Å². The smallest absolute Gasteiger partial charge is 0.309 e. The topological polar surface area (TPSA) is 52.6 Å². The molecule has 0 aromatic heterocycles. The Morgan fingerprint density at radius 3 is 1.27 bits per heavy atom. The summed E-state index contributed by atoms with van der Waals surface area (Å²) < 4.78 is 11.3. The molecule has 1 aliphatic carbocycles. The number of unbranched alkanes of at least 4 members (excludes halogenated alkanes) is 18. The summed E-state index contributed by atoms with van der Waals surface area (Å²) >= 11 is 0. The molecule has 1 rings (SSSR count). The van der Waals surface area contributed by atoms with E-state index in [9.17, 15) is 9.59 Å². The van der Waals surface area contributed by atoms with E-state index in [4.69, 9.17) is 9.47 Å². The van der Waals surface area contributed by atoms with Crippen molar-refractivity contribution >= 4 is 11.9 Å². The molecule has 0 spiro atoms. The van der Waals surface area contributed by atoms with Crippen molar-refractivity contribution in [2.24, 2.45) is 17.8 Å². The summed E-state index contributed by atoms with van der Waals surface area (Å²) in [7, 11) is 0. The molecular weight excluding hydrogens is 460 g/mol. The van der Waals surface area contributed by atoms with Crippen LogP contribution in [0, 0.1) is 17.8 Å². The summed E-state index contributed by atoms with van der Waals surface area (Å²) in [5.41, 5.74) is 0. The zero-order chi connectivity index (χ0) is 27.0. The number of esters is 2. The van der Waals surface area contributed by atoms with Crippen LogP contribution in [0.5, 0.6) is 0 Å². The van der Waals surface area contributed by atoms with Crippen molar-refractivity contribution in [3.05, 3.63) is 0 Å². The number of rotatable bonds is 24. The first-order valence-corrected chi connectivity index (χ1v) is 16.4. The molecule has 0 aromatic rings. The van der Waals surface area contributed by atoms with Crippen molar-refractivity contribution < 1.29 is 19.1 Å². The lowest BCUT2D eigenvalue weighted by atomic mass is 9.74. The van der Waals surface area contributed by atoms with E-state index in [2.05, 4.69) is 20.8 Å². The molecule has 4 nitrogen and oxygen atoms in total. The molecule has 0 aromatic carbocycles. The van der Waals surface area contributed by atoms with Crippen LogP contribution < -0.4 is 0 Å². The quantitative estimate of drug-likeness (QED) is 0.0934. The van der Waals surface area contributed by atoms with Crippen molar-refractivity contribution in [2.75, 3.05) is 13.2 Å². The van der Waals surface area contributed by atoms with Gasteiger partial charge in [-0.15, -0.1) is 0 Å². The van der Waals surface area contributed by atoms with Gasteiger partial charge in [0.1, 0.15) is 0 Å². The maximum atomic E-state index is 12.8. The van der Waals surface area contributed by atoms with Gasteiger partial charge >= 0.3 is 11.9 Å². The Hall–Kier alpha value is -1.06. The third-order valence-electron chi connectivity index (χ3n) is 8.20.